The first-order valence-corrected chi connectivity index (χ1v) is 17.5. The van der Waals surface area contributed by atoms with Crippen LogP contribution in [0.2, 0.25) is 0 Å². The fraction of sp³-hybridized carbons (Fsp3) is 0.579. The summed E-state index contributed by atoms with van der Waals surface area (Å²) in [5, 5.41) is 5.80. The van der Waals surface area contributed by atoms with E-state index >= 15 is 0 Å². The highest BCUT2D eigenvalue weighted by atomic mass is 16.7. The quantitative estimate of drug-likeness (QED) is 0.317. The van der Waals surface area contributed by atoms with Crippen molar-refractivity contribution in [1.29, 1.82) is 0 Å². The molecule has 2 aromatic carbocycles. The van der Waals surface area contributed by atoms with Gasteiger partial charge in [-0.2, -0.15) is 0 Å². The summed E-state index contributed by atoms with van der Waals surface area (Å²) in [5.74, 6) is 0.561. The van der Waals surface area contributed by atoms with Crippen LogP contribution in [0.1, 0.15) is 93.3 Å². The van der Waals surface area contributed by atoms with Crippen molar-refractivity contribution in [2.75, 3.05) is 6.54 Å². The van der Waals surface area contributed by atoms with Crippen LogP contribution < -0.4 is 15.4 Å². The van der Waals surface area contributed by atoms with Crippen molar-refractivity contribution in [2.45, 2.75) is 117 Å². The third-order valence-electron chi connectivity index (χ3n) is 10.1. The van der Waals surface area contributed by atoms with Gasteiger partial charge in [-0.15, -0.1) is 0 Å². The molecule has 3 amide bonds. The zero-order valence-electron chi connectivity index (χ0n) is 29.1. The summed E-state index contributed by atoms with van der Waals surface area (Å²) >= 11 is 0. The fourth-order valence-corrected chi connectivity index (χ4v) is 7.43. The van der Waals surface area contributed by atoms with Crippen LogP contribution in [0.4, 0.5) is 0 Å². The second-order valence-corrected chi connectivity index (χ2v) is 14.3. The summed E-state index contributed by atoms with van der Waals surface area (Å²) in [4.78, 5) is 54.3. The molecule has 0 bridgehead atoms. The minimum absolute atomic E-state index is 0.0209. The average molecular weight is 662 g/mol. The molecule has 10 heteroatoms. The van der Waals surface area contributed by atoms with Crippen LogP contribution in [0.3, 0.4) is 0 Å². The van der Waals surface area contributed by atoms with Gasteiger partial charge in [-0.3, -0.25) is 19.2 Å². The van der Waals surface area contributed by atoms with E-state index in [0.717, 1.165) is 41.7 Å². The number of benzene rings is 2. The van der Waals surface area contributed by atoms with Crippen molar-refractivity contribution in [3.05, 3.63) is 64.7 Å². The van der Waals surface area contributed by atoms with Gasteiger partial charge in [0.2, 0.25) is 18.1 Å². The molecule has 3 aliphatic rings. The van der Waals surface area contributed by atoms with Crippen molar-refractivity contribution in [1.82, 2.24) is 15.5 Å². The van der Waals surface area contributed by atoms with Gasteiger partial charge in [-0.1, -0.05) is 57.5 Å². The SMILES string of the molecule is Cc1cc(C(=O)N[C@@H](C)C(=O)N2CCC[C@H]2C(=O)N[C@H]2CC(=O)OC2O[C@@H]2C[C@H](C)CC[C@H]2C(C)C)cc(C)c1OCc1ccccc1. The van der Waals surface area contributed by atoms with Gasteiger partial charge < -0.3 is 29.7 Å². The Kier molecular flexibility index (Phi) is 11.5. The topological polar surface area (TPSA) is 123 Å². The Bertz CT molecular complexity index is 1450. The minimum atomic E-state index is -0.858. The Balaban J connectivity index is 1.18. The summed E-state index contributed by atoms with van der Waals surface area (Å²) in [6.45, 7) is 12.8. The molecule has 2 heterocycles. The highest BCUT2D eigenvalue weighted by Crippen LogP contribution is 2.37. The predicted molar refractivity (Wildman–Crippen MR) is 181 cm³/mol. The Labute approximate surface area is 284 Å². The van der Waals surface area contributed by atoms with Gasteiger partial charge in [0.1, 0.15) is 30.5 Å². The molecule has 1 saturated carbocycles. The molecular formula is C38H51N3O7. The molecule has 0 aromatic heterocycles. The number of nitrogens with one attached hydrogen (secondary N) is 2. The van der Waals surface area contributed by atoms with E-state index in [1.807, 2.05) is 44.2 Å². The maximum Gasteiger partial charge on any atom is 0.310 e. The first-order valence-electron chi connectivity index (χ1n) is 17.5. The van der Waals surface area contributed by atoms with E-state index in [0.29, 0.717) is 49.3 Å². The molecule has 2 aromatic rings. The highest BCUT2D eigenvalue weighted by molar-refractivity contribution is 5.99. The maximum atomic E-state index is 13.6. The number of carbonyl (C=O) groups excluding carboxylic acids is 4. The minimum Gasteiger partial charge on any atom is -0.488 e. The number of amides is 3. The normalized spacial score (nSPS) is 26.2. The second-order valence-electron chi connectivity index (χ2n) is 14.3. The molecule has 1 aliphatic carbocycles. The van der Waals surface area contributed by atoms with Crippen molar-refractivity contribution in [3.8, 4) is 5.75 Å². The van der Waals surface area contributed by atoms with Crippen LogP contribution in [0, 0.1) is 31.6 Å². The second kappa shape index (κ2) is 15.5. The molecule has 1 unspecified atom stereocenters. The van der Waals surface area contributed by atoms with Crippen LogP contribution in [-0.2, 0) is 30.5 Å². The largest absolute Gasteiger partial charge is 0.488 e. The zero-order valence-corrected chi connectivity index (χ0v) is 29.1. The van der Waals surface area contributed by atoms with Crippen molar-refractivity contribution in [2.24, 2.45) is 17.8 Å². The third kappa shape index (κ3) is 8.38. The first kappa shape index (κ1) is 35.4. The Morgan fingerprint density at radius 1 is 1.02 bits per heavy atom. The molecule has 260 valence electrons. The number of ether oxygens (including phenoxy) is 3. The zero-order chi connectivity index (χ0) is 34.5. The first-order chi connectivity index (χ1) is 22.9. The molecular weight excluding hydrogens is 610 g/mol. The molecule has 0 radical (unpaired) electrons. The number of likely N-dealkylation sites (tertiary alicyclic amines) is 1. The monoisotopic (exact) mass is 661 g/mol. The summed E-state index contributed by atoms with van der Waals surface area (Å²) in [6, 6.07) is 11.2. The summed E-state index contributed by atoms with van der Waals surface area (Å²) in [7, 11) is 0. The van der Waals surface area contributed by atoms with E-state index in [1.54, 1.807) is 19.1 Å². The van der Waals surface area contributed by atoms with Crippen LogP contribution in [0.5, 0.6) is 5.75 Å². The molecule has 10 nitrogen and oxygen atoms in total. The van der Waals surface area contributed by atoms with Crippen molar-refractivity contribution in [3.63, 3.8) is 0 Å². The Morgan fingerprint density at radius 2 is 1.73 bits per heavy atom. The summed E-state index contributed by atoms with van der Waals surface area (Å²) in [5.41, 5.74) is 3.12. The lowest BCUT2D eigenvalue weighted by Crippen LogP contribution is -2.55. The van der Waals surface area contributed by atoms with Crippen LogP contribution in [-0.4, -0.2) is 65.7 Å². The highest BCUT2D eigenvalue weighted by Gasteiger charge is 2.44. The molecule has 2 aliphatic heterocycles. The van der Waals surface area contributed by atoms with Gasteiger partial charge in [0.05, 0.1) is 12.5 Å². The standard InChI is InChI=1S/C38H51N3O7/c1-22(2)29-15-14-23(3)17-32(29)47-38-30(20-33(42)48-38)40-36(44)31-13-10-16-41(31)37(45)26(6)39-35(43)28-18-24(4)34(25(5)19-28)46-21-27-11-8-7-9-12-27/h7-9,11-12,18-19,22-23,26,29-32,38H,10,13-17,20-21H2,1-6H3,(H,39,43)(H,40,44)/t23-,26+,29+,30+,31+,32-,38?/m1/s1. The molecule has 2 saturated heterocycles. The van der Waals surface area contributed by atoms with E-state index in [9.17, 15) is 19.2 Å². The van der Waals surface area contributed by atoms with E-state index in [1.165, 1.54) is 4.90 Å². The molecule has 2 N–H and O–H groups in total. The van der Waals surface area contributed by atoms with E-state index < -0.39 is 30.4 Å². The van der Waals surface area contributed by atoms with E-state index in [-0.39, 0.29) is 30.2 Å². The van der Waals surface area contributed by atoms with E-state index in [4.69, 9.17) is 14.2 Å². The number of hydrogen-bond donors (Lipinski definition) is 2. The van der Waals surface area contributed by atoms with Gasteiger partial charge >= 0.3 is 5.97 Å². The summed E-state index contributed by atoms with van der Waals surface area (Å²) in [6.07, 6.45) is 3.35. The number of esters is 1. The number of cyclic esters (lactones) is 1. The van der Waals surface area contributed by atoms with Gasteiger partial charge in [0.15, 0.2) is 0 Å². The van der Waals surface area contributed by atoms with Crippen LogP contribution in [0.15, 0.2) is 42.5 Å². The van der Waals surface area contributed by atoms with Crippen LogP contribution in [0.25, 0.3) is 0 Å². The average Bonchev–Trinajstić information content (AvgIpc) is 3.67. The van der Waals surface area contributed by atoms with E-state index in [2.05, 4.69) is 31.4 Å². The molecule has 0 spiro atoms. The Morgan fingerprint density at radius 3 is 2.42 bits per heavy atom. The van der Waals surface area contributed by atoms with Gasteiger partial charge in [0.25, 0.3) is 5.91 Å². The van der Waals surface area contributed by atoms with Crippen molar-refractivity contribution >= 4 is 23.7 Å². The number of aryl methyl sites for hydroxylation is 2. The smallest absolute Gasteiger partial charge is 0.310 e. The lowest BCUT2D eigenvalue weighted by atomic mass is 9.75. The van der Waals surface area contributed by atoms with Crippen LogP contribution >= 0.6 is 0 Å². The van der Waals surface area contributed by atoms with Crippen molar-refractivity contribution < 1.29 is 33.4 Å². The number of hydrogen-bond acceptors (Lipinski definition) is 7. The lowest BCUT2D eigenvalue weighted by Gasteiger charge is -2.39. The van der Waals surface area contributed by atoms with Gasteiger partial charge in [-0.05, 0) is 93.0 Å². The Hall–Kier alpha value is -3.92. The molecule has 7 atom stereocenters. The number of carbonyl (C=O) groups is 4. The summed E-state index contributed by atoms with van der Waals surface area (Å²) < 4.78 is 18.0. The fourth-order valence-electron chi connectivity index (χ4n) is 7.43. The van der Waals surface area contributed by atoms with Gasteiger partial charge in [-0.25, -0.2) is 0 Å². The van der Waals surface area contributed by atoms with Gasteiger partial charge in [0, 0.05) is 12.1 Å². The maximum absolute atomic E-state index is 13.6. The number of rotatable bonds is 11. The number of nitrogens with zero attached hydrogens (tertiary/aromatic N) is 1. The molecule has 48 heavy (non-hydrogen) atoms. The third-order valence-corrected chi connectivity index (χ3v) is 10.1. The lowest BCUT2D eigenvalue weighted by molar-refractivity contribution is -0.191. The molecule has 3 fully saturated rings. The molecule has 5 rings (SSSR count). The predicted octanol–water partition coefficient (Wildman–Crippen LogP) is 5.23.